The Morgan fingerprint density at radius 2 is 2.18 bits per heavy atom. The molecule has 2 N–H and O–H groups in total. The van der Waals surface area contributed by atoms with Gasteiger partial charge < -0.3 is 5.73 Å². The lowest BCUT2D eigenvalue weighted by Crippen LogP contribution is -2.27. The number of halogens is 1. The Hall–Kier alpha value is -1.09. The highest BCUT2D eigenvalue weighted by atomic mass is 19.1. The lowest BCUT2D eigenvalue weighted by atomic mass is 10.1. The van der Waals surface area contributed by atoms with Crippen molar-refractivity contribution in [2.75, 3.05) is 12.3 Å². The topological polar surface area (TPSA) is 29.3 Å². The van der Waals surface area contributed by atoms with E-state index in [-0.39, 0.29) is 5.82 Å². The summed E-state index contributed by atoms with van der Waals surface area (Å²) < 4.78 is 13.2. The van der Waals surface area contributed by atoms with Gasteiger partial charge in [0.25, 0.3) is 0 Å². The minimum Gasteiger partial charge on any atom is -0.398 e. The van der Waals surface area contributed by atoms with Gasteiger partial charge >= 0.3 is 0 Å². The number of nitrogens with zero attached hydrogens (tertiary/aromatic N) is 1. The summed E-state index contributed by atoms with van der Waals surface area (Å²) in [6.07, 6.45) is 4.95. The van der Waals surface area contributed by atoms with Gasteiger partial charge in [-0.15, -0.1) is 0 Å². The van der Waals surface area contributed by atoms with Crippen molar-refractivity contribution in [3.05, 3.63) is 29.6 Å². The normalized spacial score (nSPS) is 15.5. The van der Waals surface area contributed by atoms with Gasteiger partial charge in [-0.25, -0.2) is 4.39 Å². The maximum atomic E-state index is 13.2. The van der Waals surface area contributed by atoms with Gasteiger partial charge in [0.05, 0.1) is 0 Å². The molecule has 1 aliphatic rings. The monoisotopic (exact) mass is 236 g/mol. The van der Waals surface area contributed by atoms with Crippen LogP contribution in [-0.4, -0.2) is 17.5 Å². The number of anilines is 1. The van der Waals surface area contributed by atoms with E-state index >= 15 is 0 Å². The molecule has 1 fully saturated rings. The molecule has 0 aliphatic heterocycles. The van der Waals surface area contributed by atoms with Crippen LogP contribution in [0, 0.1) is 5.82 Å². The van der Waals surface area contributed by atoms with Gasteiger partial charge in [-0.05, 0) is 49.6 Å². The molecule has 0 atom stereocenters. The summed E-state index contributed by atoms with van der Waals surface area (Å²) in [5.41, 5.74) is 7.52. The molecule has 1 saturated carbocycles. The van der Waals surface area contributed by atoms with Crippen LogP contribution in [-0.2, 0) is 6.54 Å². The minimum absolute atomic E-state index is 0.194. The Morgan fingerprint density at radius 1 is 1.41 bits per heavy atom. The van der Waals surface area contributed by atoms with E-state index in [1.807, 2.05) is 0 Å². The molecule has 0 unspecified atom stereocenters. The molecule has 2 nitrogen and oxygen atoms in total. The summed E-state index contributed by atoms with van der Waals surface area (Å²) in [5.74, 6) is -0.194. The predicted octanol–water partition coefficient (Wildman–Crippen LogP) is 3.17. The van der Waals surface area contributed by atoms with E-state index in [9.17, 15) is 4.39 Å². The second kappa shape index (κ2) is 5.50. The zero-order valence-electron chi connectivity index (χ0n) is 10.5. The Bertz CT molecular complexity index is 374. The van der Waals surface area contributed by atoms with Crippen LogP contribution >= 0.6 is 0 Å². The van der Waals surface area contributed by atoms with E-state index in [0.717, 1.165) is 18.7 Å². The summed E-state index contributed by atoms with van der Waals surface area (Å²) in [6, 6.07) is 5.35. The third kappa shape index (κ3) is 3.43. The standard InChI is InChI=1S/C14H21FN2/c1-2-3-8-17(13-5-6-13)10-11-9-12(15)4-7-14(11)16/h4,7,9,13H,2-3,5-6,8,10,16H2,1H3. The molecule has 1 aromatic rings. The summed E-state index contributed by atoms with van der Waals surface area (Å²) in [5, 5.41) is 0. The molecule has 94 valence electrons. The van der Waals surface area contributed by atoms with E-state index in [1.165, 1.54) is 31.7 Å². The zero-order valence-corrected chi connectivity index (χ0v) is 10.5. The van der Waals surface area contributed by atoms with Crippen molar-refractivity contribution in [2.45, 2.75) is 45.2 Å². The van der Waals surface area contributed by atoms with Gasteiger partial charge in [-0.1, -0.05) is 13.3 Å². The van der Waals surface area contributed by atoms with Gasteiger partial charge in [0.1, 0.15) is 5.82 Å². The van der Waals surface area contributed by atoms with Crippen LogP contribution < -0.4 is 5.73 Å². The Labute approximate surface area is 103 Å². The SMILES string of the molecule is CCCCN(Cc1cc(F)ccc1N)C1CC1. The van der Waals surface area contributed by atoms with Crippen LogP contribution in [0.15, 0.2) is 18.2 Å². The Kier molecular flexibility index (Phi) is 4.00. The molecular weight excluding hydrogens is 215 g/mol. The highest BCUT2D eigenvalue weighted by Gasteiger charge is 2.28. The quantitative estimate of drug-likeness (QED) is 0.769. The molecule has 0 bridgehead atoms. The first-order chi connectivity index (χ1) is 8.20. The maximum absolute atomic E-state index is 13.2. The Balaban J connectivity index is 2.03. The summed E-state index contributed by atoms with van der Waals surface area (Å²) >= 11 is 0. The van der Waals surface area contributed by atoms with Gasteiger partial charge in [0, 0.05) is 18.3 Å². The lowest BCUT2D eigenvalue weighted by Gasteiger charge is -2.22. The highest BCUT2D eigenvalue weighted by molar-refractivity contribution is 5.46. The molecule has 3 heteroatoms. The molecular formula is C14H21FN2. The first kappa shape index (κ1) is 12.4. The molecule has 17 heavy (non-hydrogen) atoms. The fraction of sp³-hybridized carbons (Fsp3) is 0.571. The first-order valence-corrected chi connectivity index (χ1v) is 6.48. The lowest BCUT2D eigenvalue weighted by molar-refractivity contribution is 0.251. The van der Waals surface area contributed by atoms with Crippen LogP contribution in [0.2, 0.25) is 0 Å². The van der Waals surface area contributed by atoms with Gasteiger partial charge in [0.15, 0.2) is 0 Å². The molecule has 1 aromatic carbocycles. The molecule has 1 aliphatic carbocycles. The van der Waals surface area contributed by atoms with Crippen molar-refractivity contribution < 1.29 is 4.39 Å². The fourth-order valence-electron chi connectivity index (χ4n) is 2.12. The van der Waals surface area contributed by atoms with Crippen LogP contribution in [0.1, 0.15) is 38.2 Å². The van der Waals surface area contributed by atoms with Crippen molar-refractivity contribution in [2.24, 2.45) is 0 Å². The van der Waals surface area contributed by atoms with Crippen molar-refractivity contribution in [1.82, 2.24) is 4.90 Å². The van der Waals surface area contributed by atoms with E-state index in [1.54, 1.807) is 12.1 Å². The number of rotatable bonds is 6. The van der Waals surface area contributed by atoms with E-state index in [4.69, 9.17) is 5.73 Å². The second-order valence-electron chi connectivity index (χ2n) is 4.90. The average Bonchev–Trinajstić information content (AvgIpc) is 3.13. The van der Waals surface area contributed by atoms with Crippen molar-refractivity contribution in [3.63, 3.8) is 0 Å². The van der Waals surface area contributed by atoms with E-state index < -0.39 is 0 Å². The first-order valence-electron chi connectivity index (χ1n) is 6.48. The largest absolute Gasteiger partial charge is 0.398 e. The number of benzene rings is 1. The molecule has 0 amide bonds. The fourth-order valence-corrected chi connectivity index (χ4v) is 2.12. The molecule has 2 rings (SSSR count). The van der Waals surface area contributed by atoms with Gasteiger partial charge in [-0.2, -0.15) is 0 Å². The van der Waals surface area contributed by atoms with Crippen LogP contribution in [0.5, 0.6) is 0 Å². The number of nitrogens with two attached hydrogens (primary N) is 1. The van der Waals surface area contributed by atoms with Crippen molar-refractivity contribution in [3.8, 4) is 0 Å². The van der Waals surface area contributed by atoms with Crippen LogP contribution in [0.4, 0.5) is 10.1 Å². The summed E-state index contributed by atoms with van der Waals surface area (Å²) in [7, 11) is 0. The molecule has 0 heterocycles. The van der Waals surface area contributed by atoms with E-state index in [2.05, 4.69) is 11.8 Å². The number of hydrogen-bond acceptors (Lipinski definition) is 2. The second-order valence-corrected chi connectivity index (χ2v) is 4.90. The van der Waals surface area contributed by atoms with Gasteiger partial charge in [-0.3, -0.25) is 4.90 Å². The summed E-state index contributed by atoms with van der Waals surface area (Å²) in [4.78, 5) is 2.44. The average molecular weight is 236 g/mol. The molecule has 0 spiro atoms. The highest BCUT2D eigenvalue weighted by Crippen LogP contribution is 2.29. The van der Waals surface area contributed by atoms with E-state index in [0.29, 0.717) is 11.7 Å². The molecule has 0 radical (unpaired) electrons. The maximum Gasteiger partial charge on any atom is 0.123 e. The van der Waals surface area contributed by atoms with Crippen LogP contribution in [0.3, 0.4) is 0 Å². The predicted molar refractivity (Wildman–Crippen MR) is 69.2 cm³/mol. The minimum atomic E-state index is -0.194. The summed E-state index contributed by atoms with van der Waals surface area (Å²) in [6.45, 7) is 4.08. The van der Waals surface area contributed by atoms with Crippen molar-refractivity contribution >= 4 is 5.69 Å². The zero-order chi connectivity index (χ0) is 12.3. The van der Waals surface area contributed by atoms with Crippen molar-refractivity contribution in [1.29, 1.82) is 0 Å². The molecule has 0 aromatic heterocycles. The van der Waals surface area contributed by atoms with Gasteiger partial charge in [0.2, 0.25) is 0 Å². The molecule has 0 saturated heterocycles. The number of unbranched alkanes of at least 4 members (excludes halogenated alkanes) is 1. The third-order valence-corrected chi connectivity index (χ3v) is 3.34. The smallest absolute Gasteiger partial charge is 0.123 e. The number of hydrogen-bond donors (Lipinski definition) is 1. The third-order valence-electron chi connectivity index (χ3n) is 3.34. The Morgan fingerprint density at radius 3 is 2.82 bits per heavy atom. The number of nitrogen functional groups attached to an aromatic ring is 1. The van der Waals surface area contributed by atoms with Crippen LogP contribution in [0.25, 0.3) is 0 Å².